The van der Waals surface area contributed by atoms with E-state index >= 15 is 4.39 Å². The summed E-state index contributed by atoms with van der Waals surface area (Å²) >= 11 is 0. The number of aromatic hydroxyl groups is 1. The molecule has 0 saturated heterocycles. The first-order chi connectivity index (χ1) is 20.1. The van der Waals surface area contributed by atoms with Crippen LogP contribution in [0.1, 0.15) is 27.2 Å². The van der Waals surface area contributed by atoms with Gasteiger partial charge in [0.2, 0.25) is 11.3 Å². The first-order valence-electron chi connectivity index (χ1n) is 13.1. The Kier molecular flexibility index (Phi) is 6.45. The summed E-state index contributed by atoms with van der Waals surface area (Å²) in [5.74, 6) is -1.19. The zero-order valence-electron chi connectivity index (χ0n) is 23.3. The molecule has 0 atom stereocenters. The molecular formula is C32H26FN5O4. The Morgan fingerprint density at radius 1 is 1.00 bits per heavy atom. The van der Waals surface area contributed by atoms with E-state index in [-0.39, 0.29) is 34.1 Å². The largest absolute Gasteiger partial charge is 0.508 e. The number of hydrogen-bond donors (Lipinski definition) is 2. The van der Waals surface area contributed by atoms with Gasteiger partial charge in [-0.2, -0.15) is 0 Å². The number of halogens is 1. The van der Waals surface area contributed by atoms with Gasteiger partial charge < -0.3 is 24.3 Å². The van der Waals surface area contributed by atoms with Gasteiger partial charge in [0.25, 0.3) is 5.91 Å². The quantitative estimate of drug-likeness (QED) is 0.263. The number of carbonyl (C=O) groups excluding carboxylic acids is 1. The highest BCUT2D eigenvalue weighted by Crippen LogP contribution is 2.33. The number of ether oxygens (including phenoxy) is 1. The van der Waals surface area contributed by atoms with E-state index in [0.717, 1.165) is 22.8 Å². The van der Waals surface area contributed by atoms with Gasteiger partial charge >= 0.3 is 0 Å². The van der Waals surface area contributed by atoms with Gasteiger partial charge in [-0.3, -0.25) is 9.59 Å². The Bertz CT molecular complexity index is 2120. The Hall–Kier alpha value is -5.51. The van der Waals surface area contributed by atoms with E-state index in [1.54, 1.807) is 60.5 Å². The van der Waals surface area contributed by atoms with Gasteiger partial charge in [-0.1, -0.05) is 17.7 Å². The first kappa shape index (κ1) is 26.7. The maximum absolute atomic E-state index is 15.2. The monoisotopic (exact) mass is 563 g/mol. The van der Waals surface area contributed by atoms with Crippen LogP contribution in [0.3, 0.4) is 0 Å². The lowest BCUT2D eigenvalue weighted by Gasteiger charge is -2.15. The van der Waals surface area contributed by atoms with Crippen molar-refractivity contribution >= 4 is 33.5 Å². The van der Waals surface area contributed by atoms with E-state index < -0.39 is 11.7 Å². The minimum atomic E-state index is -0.735. The number of aromatic nitrogens is 4. The topological polar surface area (TPSA) is 111 Å². The summed E-state index contributed by atoms with van der Waals surface area (Å²) in [6, 6.07) is 16.4. The Balaban J connectivity index is 1.28. The van der Waals surface area contributed by atoms with Crippen molar-refractivity contribution in [2.45, 2.75) is 20.8 Å². The summed E-state index contributed by atoms with van der Waals surface area (Å²) in [4.78, 5) is 35.0. The van der Waals surface area contributed by atoms with Gasteiger partial charge in [0, 0.05) is 41.6 Å². The molecule has 0 aliphatic heterocycles. The van der Waals surface area contributed by atoms with E-state index in [0.29, 0.717) is 27.7 Å². The molecule has 6 rings (SSSR count). The van der Waals surface area contributed by atoms with Crippen LogP contribution in [0.5, 0.6) is 17.4 Å². The number of anilines is 1. The molecule has 2 N–H and O–H groups in total. The van der Waals surface area contributed by atoms with Gasteiger partial charge in [-0.15, -0.1) is 0 Å². The molecule has 0 aliphatic rings. The molecule has 3 aromatic heterocycles. The number of hydrogen-bond acceptors (Lipinski definition) is 6. The smallest absolute Gasteiger partial charge is 0.261 e. The van der Waals surface area contributed by atoms with Gasteiger partial charge in [0.05, 0.1) is 16.6 Å². The fourth-order valence-electron chi connectivity index (χ4n) is 5.07. The Morgan fingerprint density at radius 3 is 2.60 bits per heavy atom. The molecule has 3 aromatic carbocycles. The van der Waals surface area contributed by atoms with Crippen LogP contribution in [-0.2, 0) is 7.05 Å². The SMILES string of the molecule is Cc1ccc2c(c1)c(=O)c(C(=O)Nc1ccc(Oc3ncnc4c3ccn4-c3cccc(O)c3C)c(F)c1)c(C)n2C. The highest BCUT2D eigenvalue weighted by Gasteiger charge is 2.20. The lowest BCUT2D eigenvalue weighted by atomic mass is 10.1. The first-order valence-corrected chi connectivity index (χ1v) is 13.1. The number of carbonyl (C=O) groups is 1. The summed E-state index contributed by atoms with van der Waals surface area (Å²) in [5, 5.41) is 13.7. The highest BCUT2D eigenvalue weighted by molar-refractivity contribution is 6.06. The fourth-order valence-corrected chi connectivity index (χ4v) is 5.07. The second kappa shape index (κ2) is 10.2. The summed E-state index contributed by atoms with van der Waals surface area (Å²) in [6.07, 6.45) is 3.08. The molecular weight excluding hydrogens is 537 g/mol. The Labute approximate surface area is 239 Å². The lowest BCUT2D eigenvalue weighted by Crippen LogP contribution is -2.26. The average molecular weight is 564 g/mol. The third kappa shape index (κ3) is 4.43. The molecule has 6 aromatic rings. The molecule has 0 bridgehead atoms. The van der Waals surface area contributed by atoms with Crippen molar-refractivity contribution in [2.75, 3.05) is 5.32 Å². The molecule has 0 radical (unpaired) electrons. The van der Waals surface area contributed by atoms with Gasteiger partial charge in [-0.25, -0.2) is 14.4 Å². The summed E-state index contributed by atoms with van der Waals surface area (Å²) in [5.41, 5.74) is 3.80. The maximum Gasteiger partial charge on any atom is 0.261 e. The second-order valence-electron chi connectivity index (χ2n) is 10.1. The average Bonchev–Trinajstić information content (AvgIpc) is 3.40. The van der Waals surface area contributed by atoms with Gasteiger partial charge in [-0.05, 0) is 63.2 Å². The third-order valence-corrected chi connectivity index (χ3v) is 7.45. The number of pyridine rings is 1. The zero-order valence-corrected chi connectivity index (χ0v) is 23.3. The number of benzene rings is 3. The summed E-state index contributed by atoms with van der Waals surface area (Å²) in [6.45, 7) is 5.37. The number of aryl methyl sites for hydroxylation is 2. The molecule has 1 amide bonds. The van der Waals surface area contributed by atoms with Gasteiger partial charge in [0.1, 0.15) is 17.6 Å². The number of phenolic OH excluding ortho intramolecular Hbond substituents is 1. The van der Waals surface area contributed by atoms with Crippen LogP contribution in [0.4, 0.5) is 10.1 Å². The van der Waals surface area contributed by atoms with Crippen molar-refractivity contribution in [1.82, 2.24) is 19.1 Å². The fraction of sp³-hybridized carbons (Fsp3) is 0.125. The van der Waals surface area contributed by atoms with Crippen molar-refractivity contribution in [3.8, 4) is 23.1 Å². The number of rotatable bonds is 5. The predicted octanol–water partition coefficient (Wildman–Crippen LogP) is 6.09. The molecule has 10 heteroatoms. The van der Waals surface area contributed by atoms with Crippen molar-refractivity contribution < 1.29 is 19.0 Å². The van der Waals surface area contributed by atoms with Crippen LogP contribution in [0, 0.1) is 26.6 Å². The van der Waals surface area contributed by atoms with Crippen LogP contribution < -0.4 is 15.5 Å². The standard InChI is InChI=1S/C32H26FN5O4/c1-17-8-10-25-22(14-17)29(40)28(19(3)37(25)4)31(41)36-20-9-11-27(23(33)15-20)42-32-21-12-13-38(30(21)34-16-35-32)24-6-5-7-26(39)18(24)2/h5-16,39H,1-4H3,(H,36,41). The van der Waals surface area contributed by atoms with Crippen LogP contribution in [0.2, 0.25) is 0 Å². The molecule has 9 nitrogen and oxygen atoms in total. The highest BCUT2D eigenvalue weighted by atomic mass is 19.1. The predicted molar refractivity (Wildman–Crippen MR) is 158 cm³/mol. The molecule has 3 heterocycles. The van der Waals surface area contributed by atoms with Crippen LogP contribution in [-0.4, -0.2) is 30.1 Å². The van der Waals surface area contributed by atoms with Crippen LogP contribution >= 0.6 is 0 Å². The number of fused-ring (bicyclic) bond motifs is 2. The molecule has 0 aliphatic carbocycles. The van der Waals surface area contributed by atoms with Crippen molar-refractivity contribution in [2.24, 2.45) is 7.05 Å². The zero-order chi connectivity index (χ0) is 29.7. The van der Waals surface area contributed by atoms with E-state index in [1.165, 1.54) is 18.5 Å². The third-order valence-electron chi connectivity index (χ3n) is 7.45. The van der Waals surface area contributed by atoms with Crippen LogP contribution in [0.15, 0.2) is 78.0 Å². The number of nitrogens with one attached hydrogen (secondary N) is 1. The molecule has 210 valence electrons. The van der Waals surface area contributed by atoms with Gasteiger partial charge in [0.15, 0.2) is 17.2 Å². The summed E-state index contributed by atoms with van der Waals surface area (Å²) < 4.78 is 24.6. The molecule has 42 heavy (non-hydrogen) atoms. The minimum absolute atomic E-state index is 0.00815. The van der Waals surface area contributed by atoms with E-state index in [2.05, 4.69) is 15.3 Å². The van der Waals surface area contributed by atoms with Crippen molar-refractivity contribution in [3.05, 3.63) is 112 Å². The second-order valence-corrected chi connectivity index (χ2v) is 10.1. The normalized spacial score (nSPS) is 11.3. The van der Waals surface area contributed by atoms with E-state index in [1.807, 2.05) is 25.1 Å². The molecule has 0 spiro atoms. The van der Waals surface area contributed by atoms with E-state index in [4.69, 9.17) is 4.74 Å². The van der Waals surface area contributed by atoms with Crippen LogP contribution in [0.25, 0.3) is 27.6 Å². The summed E-state index contributed by atoms with van der Waals surface area (Å²) in [7, 11) is 1.79. The minimum Gasteiger partial charge on any atom is -0.508 e. The molecule has 0 saturated carbocycles. The molecule has 0 unspecified atom stereocenters. The van der Waals surface area contributed by atoms with Crippen molar-refractivity contribution in [1.29, 1.82) is 0 Å². The van der Waals surface area contributed by atoms with Crippen molar-refractivity contribution in [3.63, 3.8) is 0 Å². The van der Waals surface area contributed by atoms with E-state index in [9.17, 15) is 14.7 Å². The molecule has 0 fully saturated rings. The number of amides is 1. The lowest BCUT2D eigenvalue weighted by molar-refractivity contribution is 0.102. The Morgan fingerprint density at radius 2 is 1.81 bits per heavy atom. The number of nitrogens with zero attached hydrogens (tertiary/aromatic N) is 4. The number of phenols is 1. The maximum atomic E-state index is 15.2.